The van der Waals surface area contributed by atoms with Crippen molar-refractivity contribution in [3.8, 4) is 0 Å². The van der Waals surface area contributed by atoms with Gasteiger partial charge >= 0.3 is 0 Å². The van der Waals surface area contributed by atoms with Crippen molar-refractivity contribution in [2.75, 3.05) is 13.1 Å². The van der Waals surface area contributed by atoms with Gasteiger partial charge in [0.05, 0.1) is 0 Å². The molecule has 1 aliphatic carbocycles. The van der Waals surface area contributed by atoms with Gasteiger partial charge in [-0.15, -0.1) is 0 Å². The second kappa shape index (κ2) is 5.63. The van der Waals surface area contributed by atoms with Gasteiger partial charge in [0, 0.05) is 23.0 Å². The number of benzene rings is 1. The molecule has 0 spiro atoms. The first-order chi connectivity index (χ1) is 9.22. The van der Waals surface area contributed by atoms with Crippen molar-refractivity contribution in [3.05, 3.63) is 33.8 Å². The molecular weight excluding hydrogens is 304 g/mol. The van der Waals surface area contributed by atoms with Crippen LogP contribution in [-0.4, -0.2) is 25.0 Å². The van der Waals surface area contributed by atoms with E-state index in [1.54, 1.807) is 0 Å². The first-order valence-corrected chi connectivity index (χ1v) is 7.80. The Morgan fingerprint density at radius 1 is 1.32 bits per heavy atom. The summed E-state index contributed by atoms with van der Waals surface area (Å²) < 4.78 is 1.10. The van der Waals surface area contributed by atoms with E-state index < -0.39 is 0 Å². The number of hydrogen-bond donors (Lipinski definition) is 2. The molecule has 1 aliphatic heterocycles. The number of carbonyl (C=O) groups excluding carboxylic acids is 1. The Morgan fingerprint density at radius 2 is 2.16 bits per heavy atom. The van der Waals surface area contributed by atoms with Crippen molar-refractivity contribution in [2.45, 2.75) is 31.7 Å². The molecule has 4 heteroatoms. The van der Waals surface area contributed by atoms with Gasteiger partial charge in [0.2, 0.25) is 5.91 Å². The second-order valence-electron chi connectivity index (χ2n) is 5.57. The summed E-state index contributed by atoms with van der Waals surface area (Å²) in [5.41, 5.74) is 2.64. The molecule has 1 amide bonds. The average Bonchev–Trinajstić information content (AvgIpc) is 2.83. The van der Waals surface area contributed by atoms with E-state index in [-0.39, 0.29) is 11.8 Å². The molecule has 1 aromatic carbocycles. The monoisotopic (exact) mass is 322 g/mol. The zero-order chi connectivity index (χ0) is 13.2. The van der Waals surface area contributed by atoms with Crippen LogP contribution in [-0.2, 0) is 17.6 Å². The average molecular weight is 323 g/mol. The molecule has 19 heavy (non-hydrogen) atoms. The van der Waals surface area contributed by atoms with E-state index in [1.165, 1.54) is 11.1 Å². The van der Waals surface area contributed by atoms with Gasteiger partial charge in [0.1, 0.15) is 0 Å². The van der Waals surface area contributed by atoms with Crippen LogP contribution in [0.2, 0.25) is 0 Å². The number of amides is 1. The molecule has 1 fully saturated rings. The molecule has 0 saturated carbocycles. The molecule has 3 rings (SSSR count). The van der Waals surface area contributed by atoms with Gasteiger partial charge in [0.25, 0.3) is 0 Å². The zero-order valence-corrected chi connectivity index (χ0v) is 12.5. The number of hydrogen-bond acceptors (Lipinski definition) is 2. The molecular formula is C15H19BrN2O. The quantitative estimate of drug-likeness (QED) is 0.874. The van der Waals surface area contributed by atoms with Crippen molar-refractivity contribution < 1.29 is 4.79 Å². The minimum atomic E-state index is 0.117. The van der Waals surface area contributed by atoms with Crippen LogP contribution in [0.25, 0.3) is 0 Å². The van der Waals surface area contributed by atoms with Crippen molar-refractivity contribution in [1.82, 2.24) is 10.6 Å². The molecule has 2 unspecified atom stereocenters. The summed E-state index contributed by atoms with van der Waals surface area (Å²) in [6.45, 7) is 1.99. The lowest BCUT2D eigenvalue weighted by atomic mass is 10.0. The Morgan fingerprint density at radius 3 is 2.95 bits per heavy atom. The fourth-order valence-electron chi connectivity index (χ4n) is 3.07. The molecule has 102 valence electrons. The van der Waals surface area contributed by atoms with Crippen LogP contribution in [0, 0.1) is 5.92 Å². The first kappa shape index (κ1) is 13.1. The van der Waals surface area contributed by atoms with E-state index in [0.29, 0.717) is 6.04 Å². The van der Waals surface area contributed by atoms with E-state index >= 15 is 0 Å². The number of piperidine rings is 1. The fourth-order valence-corrected chi connectivity index (χ4v) is 3.47. The predicted octanol–water partition coefficient (Wildman–Crippen LogP) is 2.03. The fraction of sp³-hybridized carbons (Fsp3) is 0.533. The zero-order valence-electron chi connectivity index (χ0n) is 10.9. The summed E-state index contributed by atoms with van der Waals surface area (Å²) in [5.74, 6) is 0.340. The van der Waals surface area contributed by atoms with Crippen LogP contribution in [0.15, 0.2) is 22.7 Å². The van der Waals surface area contributed by atoms with Gasteiger partial charge in [-0.3, -0.25) is 4.79 Å². The van der Waals surface area contributed by atoms with Gasteiger partial charge in [0.15, 0.2) is 0 Å². The normalized spacial score (nSPS) is 25.9. The summed E-state index contributed by atoms with van der Waals surface area (Å²) in [5, 5.41) is 6.53. The van der Waals surface area contributed by atoms with E-state index in [2.05, 4.69) is 44.8 Å². The molecule has 3 nitrogen and oxygen atoms in total. The molecule has 1 aromatic rings. The number of carbonyl (C=O) groups is 1. The third kappa shape index (κ3) is 3.00. The minimum absolute atomic E-state index is 0.117. The molecule has 0 aromatic heterocycles. The van der Waals surface area contributed by atoms with E-state index in [4.69, 9.17) is 0 Å². The third-order valence-electron chi connectivity index (χ3n) is 4.11. The maximum atomic E-state index is 12.3. The van der Waals surface area contributed by atoms with Gasteiger partial charge in [-0.25, -0.2) is 0 Å². The summed E-state index contributed by atoms with van der Waals surface area (Å²) in [6, 6.07) is 6.65. The molecule has 2 atom stereocenters. The van der Waals surface area contributed by atoms with Crippen LogP contribution >= 0.6 is 15.9 Å². The lowest BCUT2D eigenvalue weighted by molar-refractivity contribution is -0.125. The first-order valence-electron chi connectivity index (χ1n) is 7.01. The Hall–Kier alpha value is -0.870. The molecule has 0 bridgehead atoms. The highest BCUT2D eigenvalue weighted by atomic mass is 79.9. The summed E-state index contributed by atoms with van der Waals surface area (Å²) in [7, 11) is 0. The topological polar surface area (TPSA) is 41.1 Å². The Labute approximate surface area is 122 Å². The Balaban J connectivity index is 1.60. The Kier molecular flexibility index (Phi) is 3.89. The molecule has 1 heterocycles. The van der Waals surface area contributed by atoms with Crippen molar-refractivity contribution in [3.63, 3.8) is 0 Å². The van der Waals surface area contributed by atoms with Crippen molar-refractivity contribution in [2.24, 2.45) is 5.92 Å². The smallest absolute Gasteiger partial charge is 0.224 e. The van der Waals surface area contributed by atoms with Crippen LogP contribution in [0.1, 0.15) is 24.0 Å². The highest BCUT2D eigenvalue weighted by Gasteiger charge is 2.28. The van der Waals surface area contributed by atoms with Crippen LogP contribution in [0.3, 0.4) is 0 Å². The largest absolute Gasteiger partial charge is 0.352 e. The number of rotatable bonds is 2. The summed E-state index contributed by atoms with van der Waals surface area (Å²) in [4.78, 5) is 12.3. The van der Waals surface area contributed by atoms with E-state index in [1.807, 2.05) is 0 Å². The summed E-state index contributed by atoms with van der Waals surface area (Å²) in [6.07, 6.45) is 4.02. The second-order valence-corrected chi connectivity index (χ2v) is 6.49. The van der Waals surface area contributed by atoms with Crippen LogP contribution in [0.4, 0.5) is 0 Å². The van der Waals surface area contributed by atoms with Gasteiger partial charge < -0.3 is 10.6 Å². The molecule has 0 radical (unpaired) electrons. The molecule has 2 N–H and O–H groups in total. The highest BCUT2D eigenvalue weighted by Crippen LogP contribution is 2.29. The van der Waals surface area contributed by atoms with Gasteiger partial charge in [-0.1, -0.05) is 22.0 Å². The van der Waals surface area contributed by atoms with Gasteiger partial charge in [-0.2, -0.15) is 0 Å². The molecule has 2 aliphatic rings. The number of halogens is 1. The van der Waals surface area contributed by atoms with Crippen LogP contribution < -0.4 is 10.6 Å². The summed E-state index contributed by atoms with van der Waals surface area (Å²) >= 11 is 3.49. The predicted molar refractivity (Wildman–Crippen MR) is 79.1 cm³/mol. The maximum absolute atomic E-state index is 12.3. The van der Waals surface area contributed by atoms with Crippen molar-refractivity contribution in [1.29, 1.82) is 0 Å². The molecule has 1 saturated heterocycles. The SMILES string of the molecule is O=C(NC1CCCNC1)C1Cc2ccc(Br)cc2C1. The lowest BCUT2D eigenvalue weighted by Gasteiger charge is -2.25. The number of fused-ring (bicyclic) bond motifs is 1. The minimum Gasteiger partial charge on any atom is -0.352 e. The van der Waals surface area contributed by atoms with E-state index in [0.717, 1.165) is 43.2 Å². The number of nitrogens with one attached hydrogen (secondary N) is 2. The Bertz CT molecular complexity index is 483. The standard InChI is InChI=1S/C15H19BrN2O/c16-13-4-3-10-6-12(7-11(10)8-13)15(19)18-14-2-1-5-17-9-14/h3-4,8,12,14,17H,1-2,5-7,9H2,(H,18,19). The third-order valence-corrected chi connectivity index (χ3v) is 4.61. The van der Waals surface area contributed by atoms with E-state index in [9.17, 15) is 4.79 Å². The van der Waals surface area contributed by atoms with Crippen molar-refractivity contribution >= 4 is 21.8 Å². The van der Waals surface area contributed by atoms with Crippen LogP contribution in [0.5, 0.6) is 0 Å². The lowest BCUT2D eigenvalue weighted by Crippen LogP contribution is -2.47. The maximum Gasteiger partial charge on any atom is 0.224 e. The van der Waals surface area contributed by atoms with Gasteiger partial charge in [-0.05, 0) is 55.5 Å². The highest BCUT2D eigenvalue weighted by molar-refractivity contribution is 9.10.